The Kier molecular flexibility index (Phi) is 22.3. The van der Waals surface area contributed by atoms with E-state index in [0.29, 0.717) is 109 Å². The van der Waals surface area contributed by atoms with Gasteiger partial charge in [-0.2, -0.15) is 15.0 Å². The molecule has 0 bridgehead atoms. The molecule has 12 aromatic rings. The molecule has 604 valence electrons. The molecule has 1 aliphatic heterocycles. The van der Waals surface area contributed by atoms with E-state index in [2.05, 4.69) is 166 Å². The van der Waals surface area contributed by atoms with E-state index in [4.69, 9.17) is 68.5 Å². The SMILES string of the molecule is C=Cc1nc(NCc2cc(C)cc(C)c2)nc(NC2(C)CCC(CO)C2C)c1-c1nc2c(CC3(C)OC4C(CO)CCC4(Nc4nc(NCc5cc(C)cc(C)c5)nc(C)c4-c4nc5cc(CC6C(CO)CCC6(C)Nc6nc(NCc7cc(OC)c(OC)c(OC)c7)nc(C)c6-c6nc7ccccc7s6)ccc5s4)O3)cccc2s1. The lowest BCUT2D eigenvalue weighted by Crippen LogP contribution is -2.46. The number of nitrogens with one attached hydrogen (secondary N) is 6. The standard InChI is InChI=1S/C90H103N15O8S3/c1-15-64-74(80(103-87(9)28-25-60(45-106)52(87)6)102-86(98-64)93-43-57-35-50(4)32-51(5)36-57)83-99-75-59(19-18-22-71(75)116-83)41-89(11)112-77-62(47-108)27-30-90(77,113-89)105-79-73(54(8)95-85(101-79)91-42-56-33-48(2)31-49(3)34-56)82-97-66-38-55(23-24-70(66)115-82)37-63-61(46-107)26-29-88(63,10)104-78-72(81-96-65-20-16-17-21-69(65)114-81)53(7)94-84(100-78)92-44-58-39-67(109-12)76(111-14)68(40-58)110-13/h15-24,31-36,38-40,52,60-63,77,106-108H,1,25-30,37,41-47H2,2-14H3,(H2,91,95,101,105)(H2,92,94,100,104)(H2,93,98,102,103). The normalized spacial score (nSPS) is 23.0. The Balaban J connectivity index is 0.710. The smallest absolute Gasteiger partial charge is 0.225 e. The predicted octanol–water partition coefficient (Wildman–Crippen LogP) is 17.8. The van der Waals surface area contributed by atoms with Gasteiger partial charge in [-0.3, -0.25) is 0 Å². The van der Waals surface area contributed by atoms with E-state index in [0.717, 1.165) is 122 Å². The molecule has 0 spiro atoms. The topological polar surface area (TPSA) is 295 Å². The van der Waals surface area contributed by atoms with Crippen molar-refractivity contribution in [1.82, 2.24) is 44.9 Å². The number of rotatable bonds is 29. The largest absolute Gasteiger partial charge is 0.493 e. The fourth-order valence-corrected chi connectivity index (χ4v) is 21.6. The van der Waals surface area contributed by atoms with Crippen LogP contribution in [0.15, 0.2) is 116 Å². The average Bonchev–Trinajstić information content (AvgIpc) is 1.57. The number of hydrogen-bond acceptors (Lipinski definition) is 26. The number of hydrogen-bond donors (Lipinski definition) is 9. The maximum atomic E-state index is 11.3. The van der Waals surface area contributed by atoms with E-state index in [9.17, 15) is 15.3 Å². The van der Waals surface area contributed by atoms with Gasteiger partial charge in [-0.05, 0) is 207 Å². The third kappa shape index (κ3) is 15.8. The Morgan fingerprint density at radius 2 is 1.03 bits per heavy atom. The van der Waals surface area contributed by atoms with Gasteiger partial charge >= 0.3 is 0 Å². The summed E-state index contributed by atoms with van der Waals surface area (Å²) in [6.07, 6.45) is 6.58. The summed E-state index contributed by atoms with van der Waals surface area (Å²) in [5, 5.41) is 57.8. The number of nitrogens with zero attached hydrogens (tertiary/aromatic N) is 9. The molecule has 6 aromatic heterocycles. The molecule has 4 fully saturated rings. The Hall–Kier alpha value is -10.0. The molecule has 23 nitrogen and oxygen atoms in total. The third-order valence-electron chi connectivity index (χ3n) is 24.4. The number of methoxy groups -OCH3 is 3. The van der Waals surface area contributed by atoms with Crippen molar-refractivity contribution in [3.8, 4) is 49.0 Å². The summed E-state index contributed by atoms with van der Waals surface area (Å²) < 4.78 is 34.9. The van der Waals surface area contributed by atoms with Crippen LogP contribution in [0.25, 0.3) is 68.4 Å². The van der Waals surface area contributed by atoms with Crippen molar-refractivity contribution in [3.63, 3.8) is 0 Å². The van der Waals surface area contributed by atoms with Crippen LogP contribution in [0.2, 0.25) is 0 Å². The number of benzene rings is 6. The first-order valence-electron chi connectivity index (χ1n) is 40.1. The highest BCUT2D eigenvalue weighted by atomic mass is 32.1. The van der Waals surface area contributed by atoms with Crippen molar-refractivity contribution < 1.29 is 39.0 Å². The fourth-order valence-electron chi connectivity index (χ4n) is 18.5. The molecule has 7 heterocycles. The van der Waals surface area contributed by atoms with Gasteiger partial charge in [-0.15, -0.1) is 34.0 Å². The molecule has 4 aliphatic rings. The highest BCUT2D eigenvalue weighted by Gasteiger charge is 2.62. The van der Waals surface area contributed by atoms with Crippen LogP contribution >= 0.6 is 34.0 Å². The first-order chi connectivity index (χ1) is 55.9. The van der Waals surface area contributed by atoms with Crippen LogP contribution in [0.3, 0.4) is 0 Å². The second-order valence-corrected chi connectivity index (χ2v) is 35.9. The molecular formula is C90H103N15O8S3. The van der Waals surface area contributed by atoms with Gasteiger partial charge in [0.2, 0.25) is 23.6 Å². The molecule has 16 rings (SSSR count). The van der Waals surface area contributed by atoms with E-state index in [1.807, 2.05) is 51.1 Å². The van der Waals surface area contributed by atoms with E-state index in [-0.39, 0.29) is 54.9 Å². The minimum Gasteiger partial charge on any atom is -0.493 e. The monoisotopic (exact) mass is 1620 g/mol. The molecule has 0 amide bonds. The van der Waals surface area contributed by atoms with Crippen LogP contribution in [0.5, 0.6) is 17.2 Å². The summed E-state index contributed by atoms with van der Waals surface area (Å²) in [5.74, 6) is 3.48. The first kappa shape index (κ1) is 79.8. The highest BCUT2D eigenvalue weighted by Crippen LogP contribution is 2.54. The third-order valence-corrected chi connectivity index (χ3v) is 27.5. The quantitative estimate of drug-likeness (QED) is 0.0210. The minimum atomic E-state index is -1.22. The van der Waals surface area contributed by atoms with Crippen molar-refractivity contribution in [3.05, 3.63) is 183 Å². The molecule has 1 saturated heterocycles. The maximum Gasteiger partial charge on any atom is 0.225 e. The summed E-state index contributed by atoms with van der Waals surface area (Å²) in [6.45, 7) is 26.8. The van der Waals surface area contributed by atoms with Crippen molar-refractivity contribution in [2.24, 2.45) is 29.6 Å². The summed E-state index contributed by atoms with van der Waals surface area (Å²) >= 11 is 4.76. The van der Waals surface area contributed by atoms with Crippen LogP contribution in [0.1, 0.15) is 133 Å². The van der Waals surface area contributed by atoms with Gasteiger partial charge < -0.3 is 70.9 Å². The van der Waals surface area contributed by atoms with Crippen molar-refractivity contribution in [2.75, 3.05) is 73.1 Å². The van der Waals surface area contributed by atoms with Crippen LogP contribution in [-0.2, 0) is 41.9 Å². The lowest BCUT2D eigenvalue weighted by molar-refractivity contribution is -0.180. The molecule has 26 heteroatoms. The number of ether oxygens (including phenoxy) is 5. The van der Waals surface area contributed by atoms with Crippen LogP contribution in [0, 0.1) is 71.1 Å². The summed E-state index contributed by atoms with van der Waals surface area (Å²) in [7, 11) is 4.80. The highest BCUT2D eigenvalue weighted by molar-refractivity contribution is 7.22. The van der Waals surface area contributed by atoms with Gasteiger partial charge in [-0.1, -0.05) is 102 Å². The molecule has 3 aliphatic carbocycles. The molecule has 10 unspecified atom stereocenters. The zero-order chi connectivity index (χ0) is 81.1. The molecule has 6 aromatic carbocycles. The number of aliphatic hydroxyl groups excluding tert-OH is 3. The number of aromatic nitrogens is 9. The van der Waals surface area contributed by atoms with Crippen LogP contribution in [-0.4, -0.2) is 130 Å². The zero-order valence-electron chi connectivity index (χ0n) is 68.2. The molecule has 3 saturated carbocycles. The number of fused-ring (bicyclic) bond motifs is 4. The fraction of sp³-hybridized carbons (Fsp3) is 0.411. The molecular weight excluding hydrogens is 1520 g/mol. The van der Waals surface area contributed by atoms with Crippen LogP contribution < -0.4 is 46.1 Å². The summed E-state index contributed by atoms with van der Waals surface area (Å²) in [5.41, 5.74) is 14.6. The van der Waals surface area contributed by atoms with Gasteiger partial charge in [0.15, 0.2) is 23.0 Å². The lowest BCUT2D eigenvalue weighted by Gasteiger charge is -2.36. The number of para-hydroxylation sites is 2. The molecule has 9 N–H and O–H groups in total. The van der Waals surface area contributed by atoms with Gasteiger partial charge in [0.25, 0.3) is 0 Å². The van der Waals surface area contributed by atoms with Gasteiger partial charge in [0, 0.05) is 62.9 Å². The summed E-state index contributed by atoms with van der Waals surface area (Å²) in [6, 6.07) is 37.8. The van der Waals surface area contributed by atoms with Crippen molar-refractivity contribution >= 4 is 106 Å². The van der Waals surface area contributed by atoms with E-state index in [1.54, 1.807) is 61.4 Å². The van der Waals surface area contributed by atoms with Gasteiger partial charge in [-0.25, -0.2) is 29.9 Å². The molecule has 10 atom stereocenters. The number of thiazole rings is 3. The maximum absolute atomic E-state index is 11.3. The minimum absolute atomic E-state index is 0.0204. The summed E-state index contributed by atoms with van der Waals surface area (Å²) in [4.78, 5) is 47.5. The van der Waals surface area contributed by atoms with E-state index < -0.39 is 23.2 Å². The van der Waals surface area contributed by atoms with Crippen molar-refractivity contribution in [2.45, 2.75) is 169 Å². The number of anilines is 6. The molecule has 116 heavy (non-hydrogen) atoms. The Labute approximate surface area is 689 Å². The Morgan fingerprint density at radius 1 is 0.509 bits per heavy atom. The van der Waals surface area contributed by atoms with Gasteiger partial charge in [0.1, 0.15) is 38.6 Å². The Morgan fingerprint density at radius 3 is 1.61 bits per heavy atom. The van der Waals surface area contributed by atoms with E-state index in [1.165, 1.54) is 22.3 Å². The second kappa shape index (κ2) is 32.5. The second-order valence-electron chi connectivity index (χ2n) is 32.8. The van der Waals surface area contributed by atoms with Gasteiger partial charge in [0.05, 0.1) is 85.8 Å². The lowest BCUT2D eigenvalue weighted by atomic mass is 9.80. The number of aryl methyl sites for hydroxylation is 6. The first-order valence-corrected chi connectivity index (χ1v) is 42.5. The van der Waals surface area contributed by atoms with Crippen LogP contribution in [0.4, 0.5) is 35.3 Å². The average molecular weight is 1620 g/mol. The van der Waals surface area contributed by atoms with Crippen molar-refractivity contribution in [1.29, 1.82) is 0 Å². The Bertz CT molecular complexity index is 5620. The zero-order valence-corrected chi connectivity index (χ0v) is 70.6. The van der Waals surface area contributed by atoms with E-state index >= 15 is 0 Å². The molecule has 0 radical (unpaired) electrons. The number of aliphatic hydroxyl groups is 3. The predicted molar refractivity (Wildman–Crippen MR) is 466 cm³/mol.